The molecular formula is C21H28N2O5S. The molecule has 2 aromatic rings. The summed E-state index contributed by atoms with van der Waals surface area (Å²) < 4.78 is 38.6. The van der Waals surface area contributed by atoms with Crippen molar-refractivity contribution in [2.45, 2.75) is 37.2 Å². The minimum atomic E-state index is -3.90. The monoisotopic (exact) mass is 420 g/mol. The van der Waals surface area contributed by atoms with Crippen molar-refractivity contribution in [1.29, 1.82) is 0 Å². The van der Waals surface area contributed by atoms with E-state index in [1.165, 1.54) is 12.1 Å². The molecule has 2 rings (SSSR count). The lowest BCUT2D eigenvalue weighted by molar-refractivity contribution is -0.123. The molecule has 0 fully saturated rings. The number of benzene rings is 2. The topological polar surface area (TPSA) is 93.7 Å². The largest absolute Gasteiger partial charge is 0.494 e. The van der Waals surface area contributed by atoms with E-state index >= 15 is 0 Å². The van der Waals surface area contributed by atoms with E-state index in [4.69, 9.17) is 9.47 Å². The van der Waals surface area contributed by atoms with Gasteiger partial charge in [-0.1, -0.05) is 30.3 Å². The van der Waals surface area contributed by atoms with Crippen LogP contribution in [0.15, 0.2) is 59.5 Å². The molecule has 2 atom stereocenters. The van der Waals surface area contributed by atoms with Gasteiger partial charge < -0.3 is 14.8 Å². The quantitative estimate of drug-likeness (QED) is 0.581. The van der Waals surface area contributed by atoms with E-state index in [-0.39, 0.29) is 17.4 Å². The first-order valence-electron chi connectivity index (χ1n) is 9.44. The van der Waals surface area contributed by atoms with Crippen molar-refractivity contribution in [2.24, 2.45) is 0 Å². The van der Waals surface area contributed by atoms with Crippen LogP contribution in [0.25, 0.3) is 0 Å². The average molecular weight is 421 g/mol. The first-order valence-corrected chi connectivity index (χ1v) is 10.9. The van der Waals surface area contributed by atoms with Crippen LogP contribution in [-0.2, 0) is 26.0 Å². The fraction of sp³-hybridized carbons (Fsp3) is 0.381. The van der Waals surface area contributed by atoms with Gasteiger partial charge in [0.15, 0.2) is 0 Å². The molecule has 0 spiro atoms. The Labute approximate surface area is 172 Å². The highest BCUT2D eigenvalue weighted by Gasteiger charge is 2.27. The number of rotatable bonds is 11. The van der Waals surface area contributed by atoms with Crippen LogP contribution in [0.3, 0.4) is 0 Å². The summed E-state index contributed by atoms with van der Waals surface area (Å²) in [6, 6.07) is 14.1. The third-order valence-corrected chi connectivity index (χ3v) is 5.63. The molecule has 0 radical (unpaired) electrons. The van der Waals surface area contributed by atoms with E-state index in [0.717, 1.165) is 5.56 Å². The van der Waals surface area contributed by atoms with Gasteiger partial charge >= 0.3 is 0 Å². The molecule has 0 heterocycles. The molecule has 1 amide bonds. The third kappa shape index (κ3) is 7.16. The fourth-order valence-corrected chi connectivity index (χ4v) is 4.01. The molecule has 0 saturated heterocycles. The summed E-state index contributed by atoms with van der Waals surface area (Å²) in [7, 11) is -2.36. The second kappa shape index (κ2) is 10.9. The molecule has 0 bridgehead atoms. The first-order chi connectivity index (χ1) is 13.9. The van der Waals surface area contributed by atoms with Gasteiger partial charge in [-0.15, -0.1) is 0 Å². The zero-order valence-electron chi connectivity index (χ0n) is 16.9. The van der Waals surface area contributed by atoms with Crippen LogP contribution in [0.2, 0.25) is 0 Å². The number of hydrogen-bond acceptors (Lipinski definition) is 5. The molecule has 0 unspecified atom stereocenters. The lowest BCUT2D eigenvalue weighted by Gasteiger charge is -2.21. The first kappa shape index (κ1) is 22.9. The number of carbonyl (C=O) groups excluding carboxylic acids is 1. The molecule has 0 aliphatic carbocycles. The van der Waals surface area contributed by atoms with E-state index in [2.05, 4.69) is 10.0 Å². The Morgan fingerprint density at radius 1 is 1.07 bits per heavy atom. The zero-order chi connectivity index (χ0) is 21.3. The van der Waals surface area contributed by atoms with Gasteiger partial charge in [0.1, 0.15) is 11.8 Å². The van der Waals surface area contributed by atoms with Gasteiger partial charge in [0.05, 0.1) is 18.1 Å². The number of methoxy groups -OCH3 is 1. The van der Waals surface area contributed by atoms with Gasteiger partial charge in [0, 0.05) is 13.2 Å². The second-order valence-electron chi connectivity index (χ2n) is 6.63. The molecule has 7 nitrogen and oxygen atoms in total. The highest BCUT2D eigenvalue weighted by Crippen LogP contribution is 2.17. The summed E-state index contributed by atoms with van der Waals surface area (Å²) in [6.07, 6.45) is 0.225. The molecule has 2 aromatic carbocycles. The van der Waals surface area contributed by atoms with Crippen LogP contribution in [0.4, 0.5) is 0 Å². The SMILES string of the molecule is CCOc1ccc(S(=O)(=O)N[C@H](Cc2ccccc2)C(=O)N[C@@H](C)COC)cc1. The summed E-state index contributed by atoms with van der Waals surface area (Å²) >= 11 is 0. The Morgan fingerprint density at radius 3 is 2.31 bits per heavy atom. The predicted molar refractivity (Wildman–Crippen MR) is 111 cm³/mol. The third-order valence-electron chi connectivity index (χ3n) is 4.15. The maximum atomic E-state index is 12.9. The maximum Gasteiger partial charge on any atom is 0.241 e. The van der Waals surface area contributed by atoms with Crippen LogP contribution in [0.5, 0.6) is 5.75 Å². The standard InChI is InChI=1S/C21H28N2O5S/c1-4-28-18-10-12-19(13-11-18)29(25,26)23-20(14-17-8-6-5-7-9-17)21(24)22-16(2)15-27-3/h5-13,16,20,23H,4,14-15H2,1-3H3,(H,22,24)/t16-,20+/m0/s1. The maximum absolute atomic E-state index is 12.9. The van der Waals surface area contributed by atoms with Crippen molar-refractivity contribution >= 4 is 15.9 Å². The Hall–Kier alpha value is -2.42. The van der Waals surface area contributed by atoms with E-state index in [9.17, 15) is 13.2 Å². The van der Waals surface area contributed by atoms with Gasteiger partial charge in [-0.2, -0.15) is 4.72 Å². The summed E-state index contributed by atoms with van der Waals surface area (Å²) in [5, 5.41) is 2.79. The normalized spacial score (nSPS) is 13.5. The predicted octanol–water partition coefficient (Wildman–Crippen LogP) is 2.13. The van der Waals surface area contributed by atoms with Gasteiger partial charge in [-0.3, -0.25) is 4.79 Å². The Kier molecular flexibility index (Phi) is 8.63. The Bertz CT molecular complexity index is 870. The lowest BCUT2D eigenvalue weighted by Crippen LogP contribution is -2.50. The van der Waals surface area contributed by atoms with E-state index in [0.29, 0.717) is 19.0 Å². The average Bonchev–Trinajstić information content (AvgIpc) is 2.69. The van der Waals surface area contributed by atoms with Crippen LogP contribution in [0.1, 0.15) is 19.4 Å². The molecule has 0 aliphatic rings. The highest BCUT2D eigenvalue weighted by atomic mass is 32.2. The summed E-state index contributed by atoms with van der Waals surface area (Å²) in [5.74, 6) is 0.173. The molecule has 0 saturated carbocycles. The minimum Gasteiger partial charge on any atom is -0.494 e. The number of carbonyl (C=O) groups is 1. The fourth-order valence-electron chi connectivity index (χ4n) is 2.81. The zero-order valence-corrected chi connectivity index (χ0v) is 17.7. The minimum absolute atomic E-state index is 0.0664. The Morgan fingerprint density at radius 2 is 1.72 bits per heavy atom. The van der Waals surface area contributed by atoms with Gasteiger partial charge in [0.2, 0.25) is 15.9 Å². The molecule has 8 heteroatoms. The molecule has 2 N–H and O–H groups in total. The summed E-state index contributed by atoms with van der Waals surface area (Å²) in [4.78, 5) is 12.8. The number of ether oxygens (including phenoxy) is 2. The van der Waals surface area contributed by atoms with Crippen LogP contribution >= 0.6 is 0 Å². The summed E-state index contributed by atoms with van der Waals surface area (Å²) in [5.41, 5.74) is 0.849. The second-order valence-corrected chi connectivity index (χ2v) is 8.35. The van der Waals surface area contributed by atoms with E-state index in [1.807, 2.05) is 37.3 Å². The number of nitrogens with one attached hydrogen (secondary N) is 2. The van der Waals surface area contributed by atoms with Gasteiger partial charge in [-0.05, 0) is 50.1 Å². The van der Waals surface area contributed by atoms with E-state index < -0.39 is 22.0 Å². The number of sulfonamides is 1. The van der Waals surface area contributed by atoms with Crippen molar-refractivity contribution in [3.8, 4) is 5.75 Å². The Balaban J connectivity index is 2.21. The smallest absolute Gasteiger partial charge is 0.241 e. The molecule has 158 valence electrons. The van der Waals surface area contributed by atoms with Crippen molar-refractivity contribution < 1.29 is 22.7 Å². The van der Waals surface area contributed by atoms with Crippen LogP contribution in [0, 0.1) is 0 Å². The van der Waals surface area contributed by atoms with Crippen LogP contribution in [-0.4, -0.2) is 46.7 Å². The van der Waals surface area contributed by atoms with Crippen molar-refractivity contribution in [1.82, 2.24) is 10.0 Å². The van der Waals surface area contributed by atoms with Crippen molar-refractivity contribution in [3.63, 3.8) is 0 Å². The van der Waals surface area contributed by atoms with Crippen molar-refractivity contribution in [3.05, 3.63) is 60.2 Å². The van der Waals surface area contributed by atoms with Crippen LogP contribution < -0.4 is 14.8 Å². The van der Waals surface area contributed by atoms with Crippen molar-refractivity contribution in [2.75, 3.05) is 20.3 Å². The molecule has 0 aliphatic heterocycles. The van der Waals surface area contributed by atoms with E-state index in [1.54, 1.807) is 26.2 Å². The molecular weight excluding hydrogens is 392 g/mol. The molecule has 29 heavy (non-hydrogen) atoms. The number of hydrogen-bond donors (Lipinski definition) is 2. The van der Waals surface area contributed by atoms with Gasteiger partial charge in [0.25, 0.3) is 0 Å². The summed E-state index contributed by atoms with van der Waals surface area (Å²) in [6.45, 7) is 4.46. The lowest BCUT2D eigenvalue weighted by atomic mass is 10.1. The number of amides is 1. The highest BCUT2D eigenvalue weighted by molar-refractivity contribution is 7.89. The molecule has 0 aromatic heterocycles. The van der Waals surface area contributed by atoms with Gasteiger partial charge in [-0.25, -0.2) is 8.42 Å².